The molecule has 2 amide bonds. The molecule has 0 radical (unpaired) electrons. The number of fused-ring (bicyclic) bond motifs is 1. The maximum atomic E-state index is 12.7. The van der Waals surface area contributed by atoms with Gasteiger partial charge in [-0.1, -0.05) is 0 Å². The minimum absolute atomic E-state index is 0.283. The van der Waals surface area contributed by atoms with Crippen molar-refractivity contribution in [1.82, 2.24) is 19.9 Å². The number of nitrogens with zero attached hydrogens (tertiary/aromatic N) is 4. The molecule has 1 aliphatic heterocycles. The second-order valence-corrected chi connectivity index (χ2v) is 6.78. The van der Waals surface area contributed by atoms with Gasteiger partial charge in [-0.3, -0.25) is 9.59 Å². The number of carbonyl (C=O) groups excluding carboxylic acids is 2. The van der Waals surface area contributed by atoms with Crippen molar-refractivity contribution in [2.24, 2.45) is 0 Å². The molecule has 11 heteroatoms. The monoisotopic (exact) mass is 418 g/mol. The van der Waals surface area contributed by atoms with Gasteiger partial charge in [-0.05, 0) is 30.3 Å². The van der Waals surface area contributed by atoms with E-state index in [0.29, 0.717) is 35.6 Å². The largest absolute Gasteiger partial charge is 0.416 e. The molecule has 0 saturated carbocycles. The van der Waals surface area contributed by atoms with Gasteiger partial charge in [-0.2, -0.15) is 13.2 Å². The first-order valence-corrected chi connectivity index (χ1v) is 9.13. The summed E-state index contributed by atoms with van der Waals surface area (Å²) in [6, 6.07) is 6.51. The van der Waals surface area contributed by atoms with Crippen LogP contribution in [0.5, 0.6) is 0 Å². The number of hydrogen-bond acceptors (Lipinski definition) is 5. The molecule has 0 atom stereocenters. The predicted octanol–water partition coefficient (Wildman–Crippen LogP) is 2.26. The quantitative estimate of drug-likeness (QED) is 0.623. The van der Waals surface area contributed by atoms with Crippen molar-refractivity contribution in [3.05, 3.63) is 48.4 Å². The molecular weight excluding hydrogens is 401 g/mol. The molecule has 0 bridgehead atoms. The lowest BCUT2D eigenvalue weighted by atomic mass is 10.1. The highest BCUT2D eigenvalue weighted by molar-refractivity contribution is 6.39. The number of halogens is 3. The zero-order chi connectivity index (χ0) is 21.3. The fourth-order valence-electron chi connectivity index (χ4n) is 3.26. The van der Waals surface area contributed by atoms with Crippen molar-refractivity contribution in [1.29, 1.82) is 0 Å². The van der Waals surface area contributed by atoms with Gasteiger partial charge in [-0.25, -0.2) is 9.97 Å². The van der Waals surface area contributed by atoms with E-state index in [1.165, 1.54) is 29.6 Å². The Bertz CT molecular complexity index is 1070. The van der Waals surface area contributed by atoms with Crippen molar-refractivity contribution >= 4 is 34.4 Å². The summed E-state index contributed by atoms with van der Waals surface area (Å²) in [5, 5.41) is 2.52. The van der Waals surface area contributed by atoms with Gasteiger partial charge in [0.05, 0.1) is 29.3 Å². The summed E-state index contributed by atoms with van der Waals surface area (Å²) in [5.74, 6) is -1.45. The van der Waals surface area contributed by atoms with Gasteiger partial charge in [0.15, 0.2) is 5.65 Å². The second kappa shape index (κ2) is 7.65. The maximum Gasteiger partial charge on any atom is 0.416 e. The van der Waals surface area contributed by atoms with Gasteiger partial charge in [0, 0.05) is 31.9 Å². The third-order valence-corrected chi connectivity index (χ3v) is 4.85. The van der Waals surface area contributed by atoms with Gasteiger partial charge in [-0.15, -0.1) is 0 Å². The predicted molar refractivity (Wildman–Crippen MR) is 103 cm³/mol. The van der Waals surface area contributed by atoms with E-state index >= 15 is 0 Å². The Morgan fingerprint density at radius 2 is 1.73 bits per heavy atom. The molecule has 3 heterocycles. The highest BCUT2D eigenvalue weighted by atomic mass is 19.4. The van der Waals surface area contributed by atoms with Gasteiger partial charge in [0.2, 0.25) is 0 Å². The lowest BCUT2D eigenvalue weighted by molar-refractivity contribution is -0.143. The minimum Gasteiger partial charge on any atom is -0.368 e. The Morgan fingerprint density at radius 1 is 1.03 bits per heavy atom. The molecule has 3 aromatic rings. The van der Waals surface area contributed by atoms with Crippen LogP contribution in [0.1, 0.15) is 5.56 Å². The molecule has 2 aromatic heterocycles. The van der Waals surface area contributed by atoms with Crippen LogP contribution in [0, 0.1) is 0 Å². The normalized spacial score (nSPS) is 14.8. The summed E-state index contributed by atoms with van der Waals surface area (Å²) in [6.45, 7) is 1.38. The number of anilines is 2. The third-order valence-electron chi connectivity index (χ3n) is 4.85. The van der Waals surface area contributed by atoms with E-state index in [1.807, 2.05) is 4.90 Å². The van der Waals surface area contributed by atoms with Crippen LogP contribution < -0.4 is 10.2 Å². The van der Waals surface area contributed by atoms with Crippen LogP contribution in [-0.4, -0.2) is 57.8 Å². The summed E-state index contributed by atoms with van der Waals surface area (Å²) in [6.07, 6.45) is -1.49. The number of rotatable bonds is 2. The average Bonchev–Trinajstić information content (AvgIpc) is 3.21. The molecule has 0 aliphatic carbocycles. The van der Waals surface area contributed by atoms with Crippen LogP contribution in [-0.2, 0) is 15.8 Å². The number of H-pyrrole nitrogens is 1. The smallest absolute Gasteiger partial charge is 0.368 e. The maximum absolute atomic E-state index is 12.7. The highest BCUT2D eigenvalue weighted by Gasteiger charge is 2.31. The molecule has 8 nitrogen and oxygen atoms in total. The summed E-state index contributed by atoms with van der Waals surface area (Å²) in [4.78, 5) is 38.9. The number of aromatic nitrogens is 3. The third kappa shape index (κ3) is 4.04. The molecule has 1 fully saturated rings. The van der Waals surface area contributed by atoms with Crippen LogP contribution in [0.3, 0.4) is 0 Å². The Balaban J connectivity index is 1.33. The van der Waals surface area contributed by atoms with Crippen LogP contribution >= 0.6 is 0 Å². The number of amides is 2. The molecule has 4 rings (SSSR count). The zero-order valence-corrected chi connectivity index (χ0v) is 15.6. The van der Waals surface area contributed by atoms with E-state index in [4.69, 9.17) is 0 Å². The number of benzene rings is 1. The molecule has 0 unspecified atom stereocenters. The average molecular weight is 418 g/mol. The van der Waals surface area contributed by atoms with Crippen LogP contribution in [0.2, 0.25) is 0 Å². The Labute approximate surface area is 168 Å². The Hall–Kier alpha value is -3.63. The molecule has 156 valence electrons. The van der Waals surface area contributed by atoms with E-state index in [0.717, 1.165) is 12.1 Å². The van der Waals surface area contributed by atoms with Crippen molar-refractivity contribution < 1.29 is 22.8 Å². The minimum atomic E-state index is -4.38. The SMILES string of the molecule is O=C(Nc1cnc2nc[nH]c2c1)C(=O)N1CCN(c2ccc(C(F)(F)F)cc2)CC1. The zero-order valence-electron chi connectivity index (χ0n) is 15.6. The first-order chi connectivity index (χ1) is 14.3. The van der Waals surface area contributed by atoms with Crippen LogP contribution in [0.4, 0.5) is 24.5 Å². The summed E-state index contributed by atoms with van der Waals surface area (Å²) in [5.41, 5.74) is 1.43. The topological polar surface area (TPSA) is 94.2 Å². The van der Waals surface area contributed by atoms with E-state index in [9.17, 15) is 22.8 Å². The van der Waals surface area contributed by atoms with Crippen molar-refractivity contribution in [2.45, 2.75) is 6.18 Å². The standard InChI is InChI=1S/C19H17F3N6O2/c20-19(21,22)12-1-3-14(4-2-12)27-5-7-28(8-6-27)18(30)17(29)26-13-9-15-16(23-10-13)25-11-24-15/h1-4,9-11H,5-8H2,(H,26,29)(H,23,24,25). The number of nitrogens with one attached hydrogen (secondary N) is 2. The highest BCUT2D eigenvalue weighted by Crippen LogP contribution is 2.30. The van der Waals surface area contributed by atoms with Gasteiger partial charge >= 0.3 is 18.0 Å². The van der Waals surface area contributed by atoms with E-state index in [1.54, 1.807) is 6.07 Å². The summed E-state index contributed by atoms with van der Waals surface area (Å²) < 4.78 is 38.1. The van der Waals surface area contributed by atoms with Gasteiger partial charge in [0.25, 0.3) is 0 Å². The van der Waals surface area contributed by atoms with E-state index in [2.05, 4.69) is 20.3 Å². The molecule has 30 heavy (non-hydrogen) atoms. The summed E-state index contributed by atoms with van der Waals surface area (Å²) >= 11 is 0. The van der Waals surface area contributed by atoms with Gasteiger partial charge in [0.1, 0.15) is 0 Å². The number of carbonyl (C=O) groups is 2. The van der Waals surface area contributed by atoms with Crippen LogP contribution in [0.25, 0.3) is 11.2 Å². The molecule has 1 aliphatic rings. The number of piperazine rings is 1. The van der Waals surface area contributed by atoms with Crippen molar-refractivity contribution in [2.75, 3.05) is 36.4 Å². The molecule has 2 N–H and O–H groups in total. The molecule has 1 saturated heterocycles. The lowest BCUT2D eigenvalue weighted by Gasteiger charge is -2.35. The number of alkyl halides is 3. The number of pyridine rings is 1. The molecule has 0 spiro atoms. The first-order valence-electron chi connectivity index (χ1n) is 9.13. The second-order valence-electron chi connectivity index (χ2n) is 6.78. The van der Waals surface area contributed by atoms with Gasteiger partial charge < -0.3 is 20.1 Å². The van der Waals surface area contributed by atoms with Crippen molar-refractivity contribution in [3.8, 4) is 0 Å². The number of aromatic amines is 1. The van der Waals surface area contributed by atoms with E-state index in [-0.39, 0.29) is 13.1 Å². The Kier molecular flexibility index (Phi) is 5.02. The fourth-order valence-corrected chi connectivity index (χ4v) is 3.26. The fraction of sp³-hybridized carbons (Fsp3) is 0.263. The lowest BCUT2D eigenvalue weighted by Crippen LogP contribution is -2.51. The number of hydrogen-bond donors (Lipinski definition) is 2. The van der Waals surface area contributed by atoms with Crippen molar-refractivity contribution in [3.63, 3.8) is 0 Å². The molecular formula is C19H17F3N6O2. The number of imidazole rings is 1. The Morgan fingerprint density at radius 3 is 2.40 bits per heavy atom. The summed E-state index contributed by atoms with van der Waals surface area (Å²) in [7, 11) is 0. The van der Waals surface area contributed by atoms with Crippen LogP contribution in [0.15, 0.2) is 42.9 Å². The van der Waals surface area contributed by atoms with E-state index < -0.39 is 23.6 Å². The first kappa shape index (κ1) is 19.7. The molecule has 1 aromatic carbocycles.